The minimum Gasteiger partial charge on any atom is -0.495 e. The second-order valence-electron chi connectivity index (χ2n) is 5.61. The zero-order chi connectivity index (χ0) is 16.4. The number of rotatable bonds is 3. The largest absolute Gasteiger partial charge is 0.495 e. The van der Waals surface area contributed by atoms with E-state index in [0.717, 1.165) is 5.56 Å². The predicted octanol–water partition coefficient (Wildman–Crippen LogP) is 2.81. The molecule has 0 spiro atoms. The molecule has 1 heterocycles. The summed E-state index contributed by atoms with van der Waals surface area (Å²) in [5, 5.41) is 2.78. The molecule has 0 aliphatic carbocycles. The number of benzene rings is 2. The lowest BCUT2D eigenvalue weighted by Gasteiger charge is -2.33. The van der Waals surface area contributed by atoms with E-state index in [4.69, 9.17) is 9.47 Å². The average molecular weight is 311 g/mol. The lowest BCUT2D eigenvalue weighted by molar-refractivity contribution is -0.134. The van der Waals surface area contributed by atoms with Crippen LogP contribution in [-0.4, -0.2) is 24.6 Å². The number of methoxy groups -OCH3 is 1. The zero-order valence-electron chi connectivity index (χ0n) is 13.0. The molecule has 1 aliphatic rings. The molecule has 0 bridgehead atoms. The Kier molecular flexibility index (Phi) is 3.78. The van der Waals surface area contributed by atoms with Gasteiger partial charge in [-0.1, -0.05) is 30.3 Å². The van der Waals surface area contributed by atoms with Crippen LogP contribution in [0.5, 0.6) is 5.75 Å². The molecule has 0 aromatic heterocycles. The topological polar surface area (TPSA) is 64.6 Å². The van der Waals surface area contributed by atoms with Crippen molar-refractivity contribution >= 4 is 17.6 Å². The van der Waals surface area contributed by atoms with Gasteiger partial charge >= 0.3 is 5.97 Å². The Hall–Kier alpha value is -2.82. The monoisotopic (exact) mass is 311 g/mol. The summed E-state index contributed by atoms with van der Waals surface area (Å²) in [6.45, 7) is 1.62. The molecule has 2 aromatic rings. The number of para-hydroxylation sites is 2. The van der Waals surface area contributed by atoms with Crippen LogP contribution in [0.15, 0.2) is 48.5 Å². The van der Waals surface area contributed by atoms with Crippen molar-refractivity contribution in [1.82, 2.24) is 0 Å². The Bertz CT molecular complexity index is 771. The standard InChI is InChI=1S/C18H17NO4/c1-18(11-12-7-3-4-8-13(12)16(20)23-18)17(21)19-14-9-5-6-10-15(14)22-2/h3-10H,11H2,1-2H3,(H,19,21)/t18-/m0/s1. The van der Waals surface area contributed by atoms with Crippen LogP contribution in [0.2, 0.25) is 0 Å². The van der Waals surface area contributed by atoms with Gasteiger partial charge in [-0.3, -0.25) is 4.79 Å². The fraction of sp³-hybridized carbons (Fsp3) is 0.222. The highest BCUT2D eigenvalue weighted by molar-refractivity contribution is 6.03. The maximum Gasteiger partial charge on any atom is 0.339 e. The number of amides is 1. The van der Waals surface area contributed by atoms with E-state index in [1.165, 1.54) is 7.11 Å². The molecular weight excluding hydrogens is 294 g/mol. The van der Waals surface area contributed by atoms with Crippen LogP contribution in [0.4, 0.5) is 5.69 Å². The summed E-state index contributed by atoms with van der Waals surface area (Å²) in [6.07, 6.45) is 0.329. The molecule has 0 saturated heterocycles. The van der Waals surface area contributed by atoms with Crippen molar-refractivity contribution in [2.45, 2.75) is 18.9 Å². The molecule has 3 rings (SSSR count). The summed E-state index contributed by atoms with van der Waals surface area (Å²) in [4.78, 5) is 24.8. The van der Waals surface area contributed by atoms with Gasteiger partial charge in [-0.05, 0) is 30.7 Å². The highest BCUT2D eigenvalue weighted by Gasteiger charge is 2.42. The molecule has 0 saturated carbocycles. The summed E-state index contributed by atoms with van der Waals surface area (Å²) in [5.74, 6) is -0.318. The van der Waals surface area contributed by atoms with Crippen molar-refractivity contribution in [3.8, 4) is 5.75 Å². The number of anilines is 1. The van der Waals surface area contributed by atoms with Gasteiger partial charge in [-0.25, -0.2) is 4.79 Å². The van der Waals surface area contributed by atoms with Crippen molar-refractivity contribution in [2.75, 3.05) is 12.4 Å². The molecule has 0 radical (unpaired) electrons. The molecular formula is C18H17NO4. The van der Waals surface area contributed by atoms with Crippen molar-refractivity contribution in [3.63, 3.8) is 0 Å². The molecule has 118 valence electrons. The number of cyclic esters (lactones) is 1. The Morgan fingerprint density at radius 3 is 2.65 bits per heavy atom. The van der Waals surface area contributed by atoms with Crippen LogP contribution in [-0.2, 0) is 16.0 Å². The highest BCUT2D eigenvalue weighted by Crippen LogP contribution is 2.31. The summed E-state index contributed by atoms with van der Waals surface area (Å²) in [7, 11) is 1.53. The van der Waals surface area contributed by atoms with E-state index >= 15 is 0 Å². The lowest BCUT2D eigenvalue weighted by atomic mass is 9.89. The number of esters is 1. The molecule has 0 unspecified atom stereocenters. The summed E-state index contributed by atoms with van der Waals surface area (Å²) in [6, 6.07) is 14.3. The van der Waals surface area contributed by atoms with Gasteiger partial charge in [0.1, 0.15) is 5.75 Å². The van der Waals surface area contributed by atoms with E-state index < -0.39 is 11.6 Å². The van der Waals surface area contributed by atoms with Crippen LogP contribution >= 0.6 is 0 Å². The maximum atomic E-state index is 12.7. The molecule has 1 atom stereocenters. The van der Waals surface area contributed by atoms with E-state index in [1.54, 1.807) is 37.3 Å². The number of fused-ring (bicyclic) bond motifs is 1. The van der Waals surface area contributed by atoms with Gasteiger partial charge in [0.2, 0.25) is 0 Å². The molecule has 0 fully saturated rings. The SMILES string of the molecule is COc1ccccc1NC(=O)[C@]1(C)Cc2ccccc2C(=O)O1. The van der Waals surface area contributed by atoms with Crippen molar-refractivity contribution < 1.29 is 19.1 Å². The number of carbonyl (C=O) groups excluding carboxylic acids is 2. The lowest BCUT2D eigenvalue weighted by Crippen LogP contribution is -2.48. The van der Waals surface area contributed by atoms with Crippen LogP contribution < -0.4 is 10.1 Å². The van der Waals surface area contributed by atoms with Crippen LogP contribution in [0.1, 0.15) is 22.8 Å². The minimum atomic E-state index is -1.26. The van der Waals surface area contributed by atoms with Gasteiger partial charge in [0.05, 0.1) is 18.4 Å². The Labute approximate surface area is 134 Å². The van der Waals surface area contributed by atoms with Gasteiger partial charge in [-0.15, -0.1) is 0 Å². The Morgan fingerprint density at radius 1 is 1.17 bits per heavy atom. The molecule has 1 amide bonds. The normalized spacial score (nSPS) is 19.5. The molecule has 1 N–H and O–H groups in total. The van der Waals surface area contributed by atoms with E-state index in [-0.39, 0.29) is 5.91 Å². The van der Waals surface area contributed by atoms with Gasteiger partial charge in [0.15, 0.2) is 5.60 Å². The third kappa shape index (κ3) is 2.77. The van der Waals surface area contributed by atoms with Crippen LogP contribution in [0, 0.1) is 0 Å². The first kappa shape index (κ1) is 15.1. The Morgan fingerprint density at radius 2 is 1.87 bits per heavy atom. The second-order valence-corrected chi connectivity index (χ2v) is 5.61. The Balaban J connectivity index is 1.86. The third-order valence-electron chi connectivity index (χ3n) is 3.92. The summed E-state index contributed by atoms with van der Waals surface area (Å²) >= 11 is 0. The van der Waals surface area contributed by atoms with Crippen molar-refractivity contribution in [2.24, 2.45) is 0 Å². The molecule has 5 nitrogen and oxygen atoms in total. The number of hydrogen-bond donors (Lipinski definition) is 1. The van der Waals surface area contributed by atoms with Gasteiger partial charge in [0, 0.05) is 6.42 Å². The average Bonchev–Trinajstić information content (AvgIpc) is 2.55. The summed E-state index contributed by atoms with van der Waals surface area (Å²) in [5.41, 5.74) is 0.597. The molecule has 5 heteroatoms. The predicted molar refractivity (Wildman–Crippen MR) is 85.6 cm³/mol. The van der Waals surface area contributed by atoms with Crippen LogP contribution in [0.25, 0.3) is 0 Å². The highest BCUT2D eigenvalue weighted by atomic mass is 16.6. The number of hydrogen-bond acceptors (Lipinski definition) is 4. The molecule has 2 aromatic carbocycles. The van der Waals surface area contributed by atoms with Crippen LogP contribution in [0.3, 0.4) is 0 Å². The first-order valence-electron chi connectivity index (χ1n) is 7.29. The van der Waals surface area contributed by atoms with E-state index in [9.17, 15) is 9.59 Å². The fourth-order valence-corrected chi connectivity index (χ4v) is 2.66. The third-order valence-corrected chi connectivity index (χ3v) is 3.92. The number of ether oxygens (including phenoxy) is 2. The number of carbonyl (C=O) groups is 2. The molecule has 23 heavy (non-hydrogen) atoms. The second kappa shape index (κ2) is 5.76. The smallest absolute Gasteiger partial charge is 0.339 e. The van der Waals surface area contributed by atoms with Gasteiger partial charge < -0.3 is 14.8 Å². The first-order valence-corrected chi connectivity index (χ1v) is 7.29. The fourth-order valence-electron chi connectivity index (χ4n) is 2.66. The molecule has 1 aliphatic heterocycles. The van der Waals surface area contributed by atoms with Crippen molar-refractivity contribution in [1.29, 1.82) is 0 Å². The zero-order valence-corrected chi connectivity index (χ0v) is 13.0. The number of nitrogens with one attached hydrogen (secondary N) is 1. The maximum absolute atomic E-state index is 12.7. The van der Waals surface area contributed by atoms with Gasteiger partial charge in [-0.2, -0.15) is 0 Å². The van der Waals surface area contributed by atoms with E-state index in [0.29, 0.717) is 23.4 Å². The van der Waals surface area contributed by atoms with Gasteiger partial charge in [0.25, 0.3) is 5.91 Å². The van der Waals surface area contributed by atoms with E-state index in [1.807, 2.05) is 18.2 Å². The quantitative estimate of drug-likeness (QED) is 0.885. The first-order chi connectivity index (χ1) is 11.0. The van der Waals surface area contributed by atoms with Crippen molar-refractivity contribution in [3.05, 3.63) is 59.7 Å². The minimum absolute atomic E-state index is 0.329. The van der Waals surface area contributed by atoms with E-state index in [2.05, 4.69) is 5.32 Å². The summed E-state index contributed by atoms with van der Waals surface area (Å²) < 4.78 is 10.6.